The van der Waals surface area contributed by atoms with Gasteiger partial charge in [0.15, 0.2) is 0 Å². The lowest BCUT2D eigenvalue weighted by Gasteiger charge is -2.37. The second-order valence-electron chi connectivity index (χ2n) is 10.5. The quantitative estimate of drug-likeness (QED) is 0.418. The van der Waals surface area contributed by atoms with Crippen molar-refractivity contribution in [2.75, 3.05) is 32.8 Å². The van der Waals surface area contributed by atoms with Crippen LogP contribution in [0.5, 0.6) is 0 Å². The number of hydrogen-bond donors (Lipinski definition) is 1. The predicted octanol–water partition coefficient (Wildman–Crippen LogP) is 2.45. The summed E-state index contributed by atoms with van der Waals surface area (Å²) in [6, 6.07) is -0.596. The maximum Gasteiger partial charge on any atom is 0.247 e. The van der Waals surface area contributed by atoms with Gasteiger partial charge >= 0.3 is 0 Å². The number of carbonyl (C=O) groups is 3. The van der Waals surface area contributed by atoms with Gasteiger partial charge in [-0.15, -0.1) is 11.8 Å². The fraction of sp³-hybridized carbons (Fsp3) is 0.731. The minimum atomic E-state index is -0.760. The Morgan fingerprint density at radius 2 is 1.74 bits per heavy atom. The molecule has 1 unspecified atom stereocenters. The molecule has 8 heteroatoms. The number of carbonyl (C=O) groups excluding carboxylic acids is 3. The number of likely N-dealkylation sites (tertiary alicyclic amines) is 1. The van der Waals surface area contributed by atoms with Gasteiger partial charge in [0.1, 0.15) is 6.04 Å². The largest absolute Gasteiger partial charge is 0.396 e. The summed E-state index contributed by atoms with van der Waals surface area (Å²) in [5, 5.41) is 9.18. The first-order valence-electron chi connectivity index (χ1n) is 12.8. The van der Waals surface area contributed by atoms with Crippen molar-refractivity contribution in [1.82, 2.24) is 14.7 Å². The summed E-state index contributed by atoms with van der Waals surface area (Å²) < 4.78 is -1.30. The van der Waals surface area contributed by atoms with E-state index in [4.69, 9.17) is 0 Å². The smallest absolute Gasteiger partial charge is 0.247 e. The van der Waals surface area contributed by atoms with Crippen LogP contribution in [0, 0.1) is 11.8 Å². The minimum absolute atomic E-state index is 0.0201. The van der Waals surface area contributed by atoms with E-state index >= 15 is 0 Å². The van der Waals surface area contributed by atoms with Gasteiger partial charge in [-0.25, -0.2) is 0 Å². The lowest BCUT2D eigenvalue weighted by molar-refractivity contribution is -0.145. The Kier molecular flexibility index (Phi) is 7.21. The van der Waals surface area contributed by atoms with Crippen LogP contribution in [0.1, 0.15) is 53.4 Å². The zero-order chi connectivity index (χ0) is 24.7. The molecule has 2 fully saturated rings. The Morgan fingerprint density at radius 3 is 2.41 bits per heavy atom. The monoisotopic (exact) mass is 489 g/mol. The molecule has 0 bridgehead atoms. The molecule has 2 saturated heterocycles. The van der Waals surface area contributed by atoms with Gasteiger partial charge in [-0.2, -0.15) is 0 Å². The molecule has 4 aliphatic heterocycles. The fourth-order valence-corrected chi connectivity index (χ4v) is 8.49. The molecule has 0 saturated carbocycles. The molecule has 0 aromatic heterocycles. The van der Waals surface area contributed by atoms with Gasteiger partial charge in [0.25, 0.3) is 0 Å². The van der Waals surface area contributed by atoms with Crippen LogP contribution in [0.4, 0.5) is 0 Å². The Bertz CT molecular complexity index is 889. The van der Waals surface area contributed by atoms with Crippen molar-refractivity contribution >= 4 is 29.5 Å². The van der Waals surface area contributed by atoms with Gasteiger partial charge < -0.3 is 19.8 Å². The van der Waals surface area contributed by atoms with Crippen molar-refractivity contribution in [3.63, 3.8) is 0 Å². The predicted molar refractivity (Wildman–Crippen MR) is 134 cm³/mol. The molecule has 0 aromatic carbocycles. The molecule has 5 atom stereocenters. The van der Waals surface area contributed by atoms with E-state index in [0.29, 0.717) is 32.6 Å². The average molecular weight is 490 g/mol. The van der Waals surface area contributed by atoms with Crippen LogP contribution in [-0.4, -0.2) is 91.9 Å². The number of unbranched alkanes of at least 4 members (excludes halogenated alkanes) is 2. The van der Waals surface area contributed by atoms with Gasteiger partial charge in [-0.1, -0.05) is 31.2 Å². The number of nitrogens with zero attached hydrogens (tertiary/aromatic N) is 3. The summed E-state index contributed by atoms with van der Waals surface area (Å²) in [5.41, 5.74) is 0. The van der Waals surface area contributed by atoms with Crippen molar-refractivity contribution in [3.05, 3.63) is 24.3 Å². The molecule has 1 spiro atoms. The molecular weight excluding hydrogens is 450 g/mol. The zero-order valence-electron chi connectivity index (χ0n) is 20.9. The highest BCUT2D eigenvalue weighted by Gasteiger charge is 2.73. The summed E-state index contributed by atoms with van der Waals surface area (Å²) >= 11 is 1.65. The number of hydrogen-bond acceptors (Lipinski definition) is 5. The summed E-state index contributed by atoms with van der Waals surface area (Å²) in [5.74, 6) is -1.12. The van der Waals surface area contributed by atoms with E-state index in [-0.39, 0.29) is 30.4 Å². The van der Waals surface area contributed by atoms with E-state index in [1.165, 1.54) is 0 Å². The number of aliphatic hydroxyl groups excluding tert-OH is 1. The first-order valence-corrected chi connectivity index (χ1v) is 13.6. The van der Waals surface area contributed by atoms with Crippen molar-refractivity contribution in [3.8, 4) is 0 Å². The van der Waals surface area contributed by atoms with E-state index in [0.717, 1.165) is 19.3 Å². The van der Waals surface area contributed by atoms with E-state index in [1.807, 2.05) is 29.7 Å². The van der Waals surface area contributed by atoms with Crippen LogP contribution >= 0.6 is 11.8 Å². The molecule has 7 nitrogen and oxygen atoms in total. The topological polar surface area (TPSA) is 81.2 Å². The maximum atomic E-state index is 14.1. The number of aliphatic hydroxyl groups is 1. The molecule has 4 aliphatic rings. The molecule has 34 heavy (non-hydrogen) atoms. The third kappa shape index (κ3) is 3.91. The standard InChI is InChI=1S/C26H39N3O4S/c1-5-13-27-14-9-11-25(4)19(22(27)31)20-23(32)29(15-7-6-8-17-30)21-24(33)28(18(2)3)16-10-12-26(20,21)34-25/h9-12,18-21,30H,5-8,13-17H2,1-4H3/t19-,20+,21?,25+,26+/m1/s1. The van der Waals surface area contributed by atoms with Crippen LogP contribution < -0.4 is 0 Å². The number of thioether (sulfide) groups is 1. The van der Waals surface area contributed by atoms with Crippen LogP contribution in [0.25, 0.3) is 0 Å². The van der Waals surface area contributed by atoms with Gasteiger partial charge in [-0.3, -0.25) is 14.4 Å². The second-order valence-corrected chi connectivity index (χ2v) is 12.3. The molecule has 188 valence electrons. The lowest BCUT2D eigenvalue weighted by Crippen LogP contribution is -2.54. The molecule has 0 radical (unpaired) electrons. The van der Waals surface area contributed by atoms with Crippen molar-refractivity contribution in [2.45, 2.75) is 75.0 Å². The SMILES string of the molecule is CCCN1CC=C[C@]2(C)S[C@]34C=CCN(C(C)C)C(=O)C3N(CCCCCO)C(=O)[C@@H]4[C@@H]2C1=O. The molecule has 3 amide bonds. The van der Waals surface area contributed by atoms with Crippen LogP contribution in [-0.2, 0) is 14.4 Å². The summed E-state index contributed by atoms with van der Waals surface area (Å²) in [4.78, 5) is 47.5. The van der Waals surface area contributed by atoms with Crippen molar-refractivity contribution in [2.24, 2.45) is 11.8 Å². The van der Waals surface area contributed by atoms with Crippen LogP contribution in [0.3, 0.4) is 0 Å². The van der Waals surface area contributed by atoms with E-state index in [9.17, 15) is 19.5 Å². The van der Waals surface area contributed by atoms with Crippen molar-refractivity contribution < 1.29 is 19.5 Å². The van der Waals surface area contributed by atoms with Gasteiger partial charge in [-0.05, 0) is 46.5 Å². The Morgan fingerprint density at radius 1 is 1.00 bits per heavy atom. The highest BCUT2D eigenvalue weighted by Crippen LogP contribution is 2.65. The molecule has 0 aromatic rings. The normalized spacial score (nSPS) is 35.1. The van der Waals surface area contributed by atoms with Gasteiger partial charge in [0, 0.05) is 43.6 Å². The van der Waals surface area contributed by atoms with E-state index < -0.39 is 27.4 Å². The molecule has 0 aliphatic carbocycles. The Balaban J connectivity index is 1.79. The number of fused-ring (bicyclic) bond motifs is 2. The van der Waals surface area contributed by atoms with Gasteiger partial charge in [0.2, 0.25) is 17.7 Å². The zero-order valence-corrected chi connectivity index (χ0v) is 21.7. The average Bonchev–Trinajstić information content (AvgIpc) is 3.04. The van der Waals surface area contributed by atoms with E-state index in [2.05, 4.69) is 32.1 Å². The highest BCUT2D eigenvalue weighted by molar-refractivity contribution is 8.02. The molecule has 4 heterocycles. The van der Waals surface area contributed by atoms with Crippen molar-refractivity contribution in [1.29, 1.82) is 0 Å². The molecule has 4 rings (SSSR count). The fourth-order valence-electron chi connectivity index (χ4n) is 6.34. The maximum absolute atomic E-state index is 14.1. The third-order valence-electron chi connectivity index (χ3n) is 7.85. The highest BCUT2D eigenvalue weighted by atomic mass is 32.2. The second kappa shape index (κ2) is 9.69. The third-order valence-corrected chi connectivity index (χ3v) is 9.64. The molecular formula is C26H39N3O4S. The van der Waals surface area contributed by atoms with Gasteiger partial charge in [0.05, 0.1) is 16.6 Å². The minimum Gasteiger partial charge on any atom is -0.396 e. The first-order chi connectivity index (χ1) is 16.2. The summed E-state index contributed by atoms with van der Waals surface area (Å²) in [6.45, 7) is 10.5. The molecule has 1 N–H and O–H groups in total. The van der Waals surface area contributed by atoms with Crippen LogP contribution in [0.15, 0.2) is 24.3 Å². The Hall–Kier alpha value is -1.80. The lowest BCUT2D eigenvalue weighted by atomic mass is 9.74. The summed E-state index contributed by atoms with van der Waals surface area (Å²) in [7, 11) is 0. The summed E-state index contributed by atoms with van der Waals surface area (Å²) in [6.07, 6.45) is 11.4. The number of rotatable bonds is 8. The number of amides is 3. The Labute approximate surface area is 207 Å². The van der Waals surface area contributed by atoms with Crippen LogP contribution in [0.2, 0.25) is 0 Å². The first kappa shape index (κ1) is 25.3. The van der Waals surface area contributed by atoms with E-state index in [1.54, 1.807) is 16.7 Å².